The minimum absolute atomic E-state index is 0.0352. The molecular weight excluding hydrogens is 224 g/mol. The van der Waals surface area contributed by atoms with E-state index in [2.05, 4.69) is 16.1 Å². The molecule has 0 amide bonds. The zero-order valence-electron chi connectivity index (χ0n) is 11.2. The smallest absolute Gasteiger partial charge is 0.0492 e. The van der Waals surface area contributed by atoms with Crippen molar-refractivity contribution in [3.63, 3.8) is 0 Å². The van der Waals surface area contributed by atoms with E-state index in [0.717, 1.165) is 29.8 Å². The molecule has 2 rings (SSSR count). The molecule has 4 nitrogen and oxygen atoms in total. The fraction of sp³-hybridized carbons (Fsp3) is 0.429. The van der Waals surface area contributed by atoms with E-state index in [1.165, 1.54) is 5.69 Å². The Kier molecular flexibility index (Phi) is 3.77. The van der Waals surface area contributed by atoms with Crippen LogP contribution in [0.2, 0.25) is 0 Å². The quantitative estimate of drug-likeness (QED) is 0.895. The summed E-state index contributed by atoms with van der Waals surface area (Å²) < 4.78 is 1.90. The van der Waals surface area contributed by atoms with Gasteiger partial charge in [-0.2, -0.15) is 5.10 Å². The first-order valence-corrected chi connectivity index (χ1v) is 6.24. The Morgan fingerprint density at radius 3 is 2.67 bits per heavy atom. The first-order valence-electron chi connectivity index (χ1n) is 6.24. The average molecular weight is 244 g/mol. The van der Waals surface area contributed by atoms with Crippen LogP contribution in [-0.2, 0) is 13.5 Å². The largest absolute Gasteiger partial charge is 0.324 e. The molecule has 0 spiro atoms. The van der Waals surface area contributed by atoms with Gasteiger partial charge in [-0.25, -0.2) is 0 Å². The highest BCUT2D eigenvalue weighted by atomic mass is 15.2. The number of hydrogen-bond acceptors (Lipinski definition) is 3. The molecule has 2 aromatic heterocycles. The monoisotopic (exact) mass is 244 g/mol. The standard InChI is InChI=1S/C14H20N4/c1-10-4-6-13(11(2)17-10)14(15)7-5-12-8-9-16-18(12)3/h4,6,8-9,14H,5,7,15H2,1-3H3. The van der Waals surface area contributed by atoms with Crippen LogP contribution in [0.4, 0.5) is 0 Å². The third-order valence-electron chi connectivity index (χ3n) is 3.30. The van der Waals surface area contributed by atoms with Crippen molar-refractivity contribution >= 4 is 0 Å². The maximum Gasteiger partial charge on any atom is 0.0492 e. The molecule has 2 heterocycles. The summed E-state index contributed by atoms with van der Waals surface area (Å²) in [6.45, 7) is 4.02. The number of nitrogens with two attached hydrogens (primary N) is 1. The first kappa shape index (κ1) is 12.8. The number of hydrogen-bond donors (Lipinski definition) is 1. The van der Waals surface area contributed by atoms with Gasteiger partial charge in [0.25, 0.3) is 0 Å². The van der Waals surface area contributed by atoms with Gasteiger partial charge in [0, 0.05) is 36.4 Å². The lowest BCUT2D eigenvalue weighted by Crippen LogP contribution is -2.14. The molecule has 0 fully saturated rings. The van der Waals surface area contributed by atoms with Gasteiger partial charge in [0.1, 0.15) is 0 Å². The molecule has 96 valence electrons. The summed E-state index contributed by atoms with van der Waals surface area (Å²) in [5.74, 6) is 0. The maximum atomic E-state index is 6.24. The Hall–Kier alpha value is -1.68. The van der Waals surface area contributed by atoms with Crippen LogP contribution in [0, 0.1) is 13.8 Å². The summed E-state index contributed by atoms with van der Waals surface area (Å²) in [5, 5.41) is 4.16. The molecule has 0 aliphatic rings. The molecule has 0 aliphatic heterocycles. The van der Waals surface area contributed by atoms with Crippen LogP contribution >= 0.6 is 0 Å². The second-order valence-electron chi connectivity index (χ2n) is 4.72. The predicted molar refractivity (Wildman–Crippen MR) is 72.2 cm³/mol. The van der Waals surface area contributed by atoms with Gasteiger partial charge in [0.2, 0.25) is 0 Å². The van der Waals surface area contributed by atoms with Crippen LogP contribution < -0.4 is 5.73 Å². The van der Waals surface area contributed by atoms with E-state index in [-0.39, 0.29) is 6.04 Å². The molecule has 18 heavy (non-hydrogen) atoms. The molecule has 0 bridgehead atoms. The molecule has 0 radical (unpaired) electrons. The summed E-state index contributed by atoms with van der Waals surface area (Å²) >= 11 is 0. The lowest BCUT2D eigenvalue weighted by atomic mass is 10.0. The molecular formula is C14H20N4. The molecule has 0 aliphatic carbocycles. The van der Waals surface area contributed by atoms with E-state index in [1.54, 1.807) is 0 Å². The lowest BCUT2D eigenvalue weighted by molar-refractivity contribution is 0.609. The highest BCUT2D eigenvalue weighted by molar-refractivity contribution is 5.25. The summed E-state index contributed by atoms with van der Waals surface area (Å²) in [6.07, 6.45) is 3.66. The van der Waals surface area contributed by atoms with Crippen molar-refractivity contribution in [1.29, 1.82) is 0 Å². The maximum absolute atomic E-state index is 6.24. The van der Waals surface area contributed by atoms with E-state index in [4.69, 9.17) is 5.73 Å². The van der Waals surface area contributed by atoms with Crippen molar-refractivity contribution in [2.24, 2.45) is 12.8 Å². The minimum atomic E-state index is 0.0352. The number of aromatic nitrogens is 3. The average Bonchev–Trinajstić information content (AvgIpc) is 2.72. The predicted octanol–water partition coefficient (Wildman–Crippen LogP) is 2.06. The second kappa shape index (κ2) is 5.31. The van der Waals surface area contributed by atoms with Gasteiger partial charge in [0.15, 0.2) is 0 Å². The fourth-order valence-electron chi connectivity index (χ4n) is 2.19. The van der Waals surface area contributed by atoms with Gasteiger partial charge in [-0.05, 0) is 44.4 Å². The Morgan fingerprint density at radius 1 is 1.28 bits per heavy atom. The van der Waals surface area contributed by atoms with Crippen LogP contribution in [0.15, 0.2) is 24.4 Å². The van der Waals surface area contributed by atoms with Crippen molar-refractivity contribution in [3.05, 3.63) is 47.0 Å². The van der Waals surface area contributed by atoms with Crippen molar-refractivity contribution in [3.8, 4) is 0 Å². The molecule has 1 atom stereocenters. The fourth-order valence-corrected chi connectivity index (χ4v) is 2.19. The van der Waals surface area contributed by atoms with Gasteiger partial charge in [0.05, 0.1) is 0 Å². The zero-order chi connectivity index (χ0) is 13.1. The molecule has 2 aromatic rings. The van der Waals surface area contributed by atoms with Crippen LogP contribution in [0.3, 0.4) is 0 Å². The van der Waals surface area contributed by atoms with Crippen molar-refractivity contribution in [2.75, 3.05) is 0 Å². The number of pyridine rings is 1. The van der Waals surface area contributed by atoms with Gasteiger partial charge in [-0.15, -0.1) is 0 Å². The Balaban J connectivity index is 2.03. The SMILES string of the molecule is Cc1ccc(C(N)CCc2ccnn2C)c(C)n1. The molecule has 2 N–H and O–H groups in total. The molecule has 1 unspecified atom stereocenters. The third kappa shape index (κ3) is 2.76. The van der Waals surface area contributed by atoms with E-state index in [9.17, 15) is 0 Å². The van der Waals surface area contributed by atoms with Gasteiger partial charge in [-0.3, -0.25) is 9.67 Å². The normalized spacial score (nSPS) is 12.7. The number of rotatable bonds is 4. The summed E-state index contributed by atoms with van der Waals surface area (Å²) in [6, 6.07) is 6.18. The van der Waals surface area contributed by atoms with Crippen LogP contribution in [0.1, 0.15) is 35.1 Å². The van der Waals surface area contributed by atoms with Crippen molar-refractivity contribution < 1.29 is 0 Å². The van der Waals surface area contributed by atoms with E-state index < -0.39 is 0 Å². The highest BCUT2D eigenvalue weighted by Gasteiger charge is 2.11. The van der Waals surface area contributed by atoms with Crippen LogP contribution in [0.25, 0.3) is 0 Å². The Bertz CT molecular complexity index is 530. The highest BCUT2D eigenvalue weighted by Crippen LogP contribution is 2.19. The Labute approximate surface area is 108 Å². The molecule has 4 heteroatoms. The molecule has 0 aromatic carbocycles. The lowest BCUT2D eigenvalue weighted by Gasteiger charge is -2.14. The first-order chi connectivity index (χ1) is 8.58. The molecule has 0 saturated carbocycles. The Morgan fingerprint density at radius 2 is 2.06 bits per heavy atom. The van der Waals surface area contributed by atoms with Crippen molar-refractivity contribution in [2.45, 2.75) is 32.7 Å². The third-order valence-corrected chi connectivity index (χ3v) is 3.30. The van der Waals surface area contributed by atoms with Crippen LogP contribution in [0.5, 0.6) is 0 Å². The number of aryl methyl sites for hydroxylation is 4. The van der Waals surface area contributed by atoms with E-state index in [0.29, 0.717) is 0 Å². The van der Waals surface area contributed by atoms with Crippen molar-refractivity contribution in [1.82, 2.24) is 14.8 Å². The van der Waals surface area contributed by atoms with Crippen LogP contribution in [-0.4, -0.2) is 14.8 Å². The minimum Gasteiger partial charge on any atom is -0.324 e. The summed E-state index contributed by atoms with van der Waals surface area (Å²) in [5.41, 5.74) is 10.7. The number of nitrogens with zero attached hydrogens (tertiary/aromatic N) is 3. The van der Waals surface area contributed by atoms with E-state index in [1.807, 2.05) is 43.9 Å². The topological polar surface area (TPSA) is 56.7 Å². The van der Waals surface area contributed by atoms with Gasteiger partial charge < -0.3 is 5.73 Å². The summed E-state index contributed by atoms with van der Waals surface area (Å²) in [4.78, 5) is 4.46. The molecule has 0 saturated heterocycles. The summed E-state index contributed by atoms with van der Waals surface area (Å²) in [7, 11) is 1.96. The van der Waals surface area contributed by atoms with Gasteiger partial charge >= 0.3 is 0 Å². The van der Waals surface area contributed by atoms with E-state index >= 15 is 0 Å². The van der Waals surface area contributed by atoms with Gasteiger partial charge in [-0.1, -0.05) is 6.07 Å². The second-order valence-corrected chi connectivity index (χ2v) is 4.72. The zero-order valence-corrected chi connectivity index (χ0v) is 11.2.